The number of benzene rings is 2. The number of rotatable bonds is 3. The third kappa shape index (κ3) is 3.09. The van der Waals surface area contributed by atoms with E-state index in [4.69, 9.17) is 16.3 Å². The van der Waals surface area contributed by atoms with Gasteiger partial charge in [-0.3, -0.25) is 9.36 Å². The van der Waals surface area contributed by atoms with Crippen molar-refractivity contribution in [1.82, 2.24) is 19.7 Å². The van der Waals surface area contributed by atoms with Crippen LogP contribution in [0.5, 0.6) is 0 Å². The molecule has 0 bridgehead atoms. The molecule has 4 heterocycles. The molecule has 1 amide bonds. The van der Waals surface area contributed by atoms with Crippen LogP contribution in [0.15, 0.2) is 54.6 Å². The second kappa shape index (κ2) is 7.29. The van der Waals surface area contributed by atoms with Crippen LogP contribution in [-0.4, -0.2) is 51.9 Å². The van der Waals surface area contributed by atoms with Crippen LogP contribution in [0.4, 0.5) is 0 Å². The van der Waals surface area contributed by atoms with Gasteiger partial charge in [0.25, 0.3) is 0 Å². The number of fused-ring (bicyclic) bond motifs is 3. The first-order valence-electron chi connectivity index (χ1n) is 10.9. The Bertz CT molecular complexity index is 1240. The first-order chi connectivity index (χ1) is 15.5. The predicted octanol–water partition coefficient (Wildman–Crippen LogP) is 4.01. The van der Waals surface area contributed by atoms with Gasteiger partial charge in [-0.2, -0.15) is 0 Å². The maximum absolute atomic E-state index is 13.2. The zero-order valence-electron chi connectivity index (χ0n) is 17.8. The van der Waals surface area contributed by atoms with Crippen LogP contribution in [0.25, 0.3) is 11.3 Å². The fraction of sp³-hybridized carbons (Fsp3) is 0.320. The lowest BCUT2D eigenvalue weighted by Gasteiger charge is -2.55. The van der Waals surface area contributed by atoms with Gasteiger partial charge >= 0.3 is 0 Å². The Hall–Kier alpha value is -2.96. The van der Waals surface area contributed by atoms with E-state index in [-0.39, 0.29) is 17.2 Å². The molecule has 3 aliphatic heterocycles. The second-order valence-corrected chi connectivity index (χ2v) is 9.53. The number of aromatic nitrogens is 3. The van der Waals surface area contributed by atoms with Crippen LogP contribution in [0.1, 0.15) is 35.1 Å². The SMILES string of the molecule is Cc1nnc2n1-c1ccccc1C(c1ccc(Cl)cc1)=C[C@@H]2CC(=O)N1CC2(COC2)C1. The summed E-state index contributed by atoms with van der Waals surface area (Å²) >= 11 is 6.15. The average Bonchev–Trinajstić information content (AvgIpc) is 3.04. The van der Waals surface area contributed by atoms with E-state index in [1.165, 1.54) is 0 Å². The fourth-order valence-electron chi connectivity index (χ4n) is 5.04. The first kappa shape index (κ1) is 19.7. The molecular formula is C25H23ClN4O2. The number of hydrogen-bond acceptors (Lipinski definition) is 4. The van der Waals surface area contributed by atoms with E-state index in [9.17, 15) is 4.79 Å². The topological polar surface area (TPSA) is 60.2 Å². The van der Waals surface area contributed by atoms with Crippen molar-refractivity contribution in [2.75, 3.05) is 26.3 Å². The van der Waals surface area contributed by atoms with E-state index in [0.29, 0.717) is 11.4 Å². The molecule has 32 heavy (non-hydrogen) atoms. The lowest BCUT2D eigenvalue weighted by Crippen LogP contribution is -2.67. The predicted molar refractivity (Wildman–Crippen MR) is 122 cm³/mol. The maximum atomic E-state index is 13.2. The monoisotopic (exact) mass is 446 g/mol. The zero-order chi connectivity index (χ0) is 21.9. The molecule has 0 N–H and O–H groups in total. The van der Waals surface area contributed by atoms with Crippen LogP contribution in [0, 0.1) is 12.3 Å². The smallest absolute Gasteiger partial charge is 0.223 e. The van der Waals surface area contributed by atoms with Crippen molar-refractivity contribution in [1.29, 1.82) is 0 Å². The normalized spacial score (nSPS) is 20.5. The Kier molecular flexibility index (Phi) is 4.49. The Balaban J connectivity index is 1.42. The van der Waals surface area contributed by atoms with E-state index in [1.807, 2.05) is 48.2 Å². The standard InChI is InChI=1S/C25H23ClN4O2/c1-16-27-28-24-18(11-23(31)29-12-25(13-29)14-32-15-25)10-21(17-6-8-19(26)9-7-17)20-4-2-3-5-22(20)30(16)24/h2-10,18H,11-15H2,1H3/t18-/m1/s1. The summed E-state index contributed by atoms with van der Waals surface area (Å²) in [5.41, 5.74) is 4.45. The van der Waals surface area contributed by atoms with Gasteiger partial charge in [-0.15, -0.1) is 10.2 Å². The fourth-order valence-corrected chi connectivity index (χ4v) is 5.17. The molecule has 0 unspecified atom stereocenters. The van der Waals surface area contributed by atoms with Gasteiger partial charge in [0, 0.05) is 36.0 Å². The van der Waals surface area contributed by atoms with Crippen molar-refractivity contribution in [3.63, 3.8) is 0 Å². The highest BCUT2D eigenvalue weighted by Crippen LogP contribution is 2.41. The minimum Gasteiger partial charge on any atom is -0.380 e. The number of allylic oxidation sites excluding steroid dienone is 1. The second-order valence-electron chi connectivity index (χ2n) is 9.10. The van der Waals surface area contributed by atoms with Crippen LogP contribution < -0.4 is 0 Å². The van der Waals surface area contributed by atoms with Gasteiger partial charge in [0.15, 0.2) is 0 Å². The summed E-state index contributed by atoms with van der Waals surface area (Å²) in [4.78, 5) is 15.1. The molecule has 162 valence electrons. The first-order valence-corrected chi connectivity index (χ1v) is 11.3. The summed E-state index contributed by atoms with van der Waals surface area (Å²) in [5, 5.41) is 9.56. The number of para-hydroxylation sites is 1. The number of likely N-dealkylation sites (tertiary alicyclic amines) is 1. The quantitative estimate of drug-likeness (QED) is 0.610. The largest absolute Gasteiger partial charge is 0.380 e. The molecule has 3 aromatic rings. The molecule has 2 saturated heterocycles. The molecule has 3 aliphatic rings. The summed E-state index contributed by atoms with van der Waals surface area (Å²) in [6.07, 6.45) is 2.54. The number of ether oxygens (including phenoxy) is 1. The van der Waals surface area contributed by atoms with Gasteiger partial charge in [-0.05, 0) is 36.3 Å². The van der Waals surface area contributed by atoms with Crippen LogP contribution in [-0.2, 0) is 9.53 Å². The highest BCUT2D eigenvalue weighted by atomic mass is 35.5. The Morgan fingerprint density at radius 2 is 1.88 bits per heavy atom. The van der Waals surface area contributed by atoms with Crippen molar-refractivity contribution in [3.8, 4) is 5.69 Å². The summed E-state index contributed by atoms with van der Waals surface area (Å²) in [6, 6.07) is 16.1. The molecule has 1 aromatic heterocycles. The van der Waals surface area contributed by atoms with Gasteiger partial charge in [0.2, 0.25) is 5.91 Å². The average molecular weight is 447 g/mol. The number of carbonyl (C=O) groups excluding carboxylic acids is 1. The zero-order valence-corrected chi connectivity index (χ0v) is 18.5. The van der Waals surface area contributed by atoms with E-state index in [0.717, 1.165) is 60.3 Å². The summed E-state index contributed by atoms with van der Waals surface area (Å²) in [7, 11) is 0. The molecule has 6 nitrogen and oxygen atoms in total. The molecule has 1 atom stereocenters. The van der Waals surface area contributed by atoms with Crippen molar-refractivity contribution in [3.05, 3.63) is 82.4 Å². The van der Waals surface area contributed by atoms with Gasteiger partial charge in [-0.25, -0.2) is 0 Å². The molecule has 0 aliphatic carbocycles. The summed E-state index contributed by atoms with van der Waals surface area (Å²) in [6.45, 7) is 5.07. The van der Waals surface area contributed by atoms with Crippen LogP contribution >= 0.6 is 11.6 Å². The van der Waals surface area contributed by atoms with Crippen molar-refractivity contribution in [2.24, 2.45) is 5.41 Å². The number of carbonyl (C=O) groups is 1. The van der Waals surface area contributed by atoms with Gasteiger partial charge < -0.3 is 9.64 Å². The number of aryl methyl sites for hydroxylation is 1. The highest BCUT2D eigenvalue weighted by molar-refractivity contribution is 6.30. The van der Waals surface area contributed by atoms with Crippen LogP contribution in [0.3, 0.4) is 0 Å². The van der Waals surface area contributed by atoms with E-state index in [1.54, 1.807) is 0 Å². The van der Waals surface area contributed by atoms with E-state index >= 15 is 0 Å². The molecule has 7 heteroatoms. The van der Waals surface area contributed by atoms with Gasteiger partial charge in [-0.1, -0.05) is 48.0 Å². The molecule has 2 aromatic carbocycles. The van der Waals surface area contributed by atoms with Crippen LogP contribution in [0.2, 0.25) is 5.02 Å². The molecule has 0 saturated carbocycles. The molecule has 1 spiro atoms. The highest BCUT2D eigenvalue weighted by Gasteiger charge is 2.50. The van der Waals surface area contributed by atoms with Crippen molar-refractivity contribution in [2.45, 2.75) is 19.3 Å². The van der Waals surface area contributed by atoms with E-state index < -0.39 is 0 Å². The minimum atomic E-state index is -0.184. The lowest BCUT2D eigenvalue weighted by molar-refractivity contribution is -0.195. The summed E-state index contributed by atoms with van der Waals surface area (Å²) < 4.78 is 7.44. The molecule has 6 rings (SSSR count). The summed E-state index contributed by atoms with van der Waals surface area (Å²) in [5.74, 6) is 1.58. The Morgan fingerprint density at radius 1 is 1.12 bits per heavy atom. The Morgan fingerprint density at radius 3 is 2.59 bits per heavy atom. The molecule has 2 fully saturated rings. The third-order valence-electron chi connectivity index (χ3n) is 6.76. The van der Waals surface area contributed by atoms with E-state index in [2.05, 4.69) is 33.0 Å². The number of nitrogens with zero attached hydrogens (tertiary/aromatic N) is 4. The Labute approximate surface area is 191 Å². The van der Waals surface area contributed by atoms with Gasteiger partial charge in [0.1, 0.15) is 11.6 Å². The third-order valence-corrected chi connectivity index (χ3v) is 7.01. The molecule has 0 radical (unpaired) electrons. The molecular weight excluding hydrogens is 424 g/mol. The maximum Gasteiger partial charge on any atom is 0.223 e. The number of hydrogen-bond donors (Lipinski definition) is 0. The van der Waals surface area contributed by atoms with Gasteiger partial charge in [0.05, 0.1) is 24.3 Å². The number of amides is 1. The van der Waals surface area contributed by atoms with Crippen molar-refractivity contribution < 1.29 is 9.53 Å². The van der Waals surface area contributed by atoms with Crippen molar-refractivity contribution >= 4 is 23.1 Å². The number of halogens is 1. The minimum absolute atomic E-state index is 0.150. The lowest BCUT2D eigenvalue weighted by atomic mass is 9.77.